The van der Waals surface area contributed by atoms with E-state index in [4.69, 9.17) is 28.4 Å². The van der Waals surface area contributed by atoms with E-state index in [-0.39, 0.29) is 0 Å². The van der Waals surface area contributed by atoms with Crippen LogP contribution in [-0.4, -0.2) is 66.1 Å². The summed E-state index contributed by atoms with van der Waals surface area (Å²) >= 11 is 0. The quantitative estimate of drug-likeness (QED) is 0.718. The average molecular weight is 362 g/mol. The molecule has 0 saturated carbocycles. The van der Waals surface area contributed by atoms with Gasteiger partial charge in [0.1, 0.15) is 13.2 Å². The van der Waals surface area contributed by atoms with Gasteiger partial charge in [-0.15, -0.1) is 0 Å². The molecule has 6 nitrogen and oxygen atoms in total. The van der Waals surface area contributed by atoms with Crippen molar-refractivity contribution >= 4 is 10.8 Å². The highest BCUT2D eigenvalue weighted by molar-refractivity contribution is 5.90. The van der Waals surface area contributed by atoms with Gasteiger partial charge in [-0.3, -0.25) is 0 Å². The lowest BCUT2D eigenvalue weighted by molar-refractivity contribution is -0.00834. The Hall–Kier alpha value is -1.86. The van der Waals surface area contributed by atoms with Gasteiger partial charge < -0.3 is 28.4 Å². The fourth-order valence-electron chi connectivity index (χ4n) is 2.66. The van der Waals surface area contributed by atoms with Gasteiger partial charge >= 0.3 is 0 Å². The Labute approximate surface area is 153 Å². The summed E-state index contributed by atoms with van der Waals surface area (Å²) in [5.41, 5.74) is 0. The van der Waals surface area contributed by atoms with E-state index >= 15 is 0 Å². The van der Waals surface area contributed by atoms with Crippen molar-refractivity contribution in [3.05, 3.63) is 36.4 Å². The highest BCUT2D eigenvalue weighted by Gasteiger charge is 2.10. The second-order valence-electron chi connectivity index (χ2n) is 5.76. The minimum atomic E-state index is 0.448. The zero-order valence-electron chi connectivity index (χ0n) is 15.0. The fraction of sp³-hybridized carbons (Fsp3) is 0.500. The Balaban J connectivity index is 1.66. The van der Waals surface area contributed by atoms with Crippen molar-refractivity contribution in [1.29, 1.82) is 0 Å². The van der Waals surface area contributed by atoms with Gasteiger partial charge in [-0.1, -0.05) is 30.3 Å². The van der Waals surface area contributed by atoms with Crippen LogP contribution in [0.4, 0.5) is 0 Å². The first-order chi connectivity index (χ1) is 12.9. The molecular weight excluding hydrogens is 336 g/mol. The van der Waals surface area contributed by atoms with Gasteiger partial charge in [0.05, 0.1) is 52.9 Å². The number of hydrogen-bond donors (Lipinski definition) is 0. The van der Waals surface area contributed by atoms with Crippen LogP contribution < -0.4 is 9.47 Å². The lowest BCUT2D eigenvalue weighted by atomic mass is 10.1. The van der Waals surface area contributed by atoms with Crippen LogP contribution in [0.1, 0.15) is 0 Å². The van der Waals surface area contributed by atoms with E-state index in [0.717, 1.165) is 16.5 Å². The van der Waals surface area contributed by atoms with Crippen LogP contribution in [0, 0.1) is 0 Å². The summed E-state index contributed by atoms with van der Waals surface area (Å²) in [4.78, 5) is 0. The van der Waals surface area contributed by atoms with Gasteiger partial charge in [-0.25, -0.2) is 0 Å². The molecule has 142 valence electrons. The van der Waals surface area contributed by atoms with E-state index in [2.05, 4.69) is 6.07 Å². The average Bonchev–Trinajstić information content (AvgIpc) is 2.67. The zero-order valence-corrected chi connectivity index (χ0v) is 15.0. The van der Waals surface area contributed by atoms with Crippen molar-refractivity contribution < 1.29 is 28.4 Å². The molecule has 0 spiro atoms. The SMILES string of the molecule is c1ccc2c3c(ccc2c1)OCCOCCOCCOCCOCCO3. The smallest absolute Gasteiger partial charge is 0.169 e. The molecule has 3 rings (SSSR count). The van der Waals surface area contributed by atoms with Crippen LogP contribution in [0.15, 0.2) is 36.4 Å². The molecule has 1 aliphatic heterocycles. The third-order valence-corrected chi connectivity index (χ3v) is 3.92. The standard InChI is InChI=1S/C20H26O6/c1-2-4-18-17(3-1)5-6-19-20(18)26-16-14-24-12-10-22-8-7-21-9-11-23-13-15-25-19/h1-6H,7-16H2. The summed E-state index contributed by atoms with van der Waals surface area (Å²) in [6.07, 6.45) is 0. The van der Waals surface area contributed by atoms with E-state index < -0.39 is 0 Å². The lowest BCUT2D eigenvalue weighted by Crippen LogP contribution is -2.16. The van der Waals surface area contributed by atoms with Crippen LogP contribution >= 0.6 is 0 Å². The third kappa shape index (κ3) is 5.85. The second kappa shape index (κ2) is 11.0. The van der Waals surface area contributed by atoms with E-state index in [0.29, 0.717) is 71.8 Å². The highest BCUT2D eigenvalue weighted by atomic mass is 16.6. The third-order valence-electron chi connectivity index (χ3n) is 3.92. The van der Waals surface area contributed by atoms with Crippen molar-refractivity contribution in [3.8, 4) is 11.5 Å². The number of hydrogen-bond acceptors (Lipinski definition) is 6. The first-order valence-electron chi connectivity index (χ1n) is 9.03. The number of fused-ring (bicyclic) bond motifs is 3. The monoisotopic (exact) mass is 362 g/mol. The normalized spacial score (nSPS) is 18.8. The molecule has 0 amide bonds. The first kappa shape index (κ1) is 18.9. The molecule has 1 aliphatic rings. The zero-order chi connectivity index (χ0) is 17.9. The van der Waals surface area contributed by atoms with Crippen LogP contribution in [-0.2, 0) is 18.9 Å². The Kier molecular flexibility index (Phi) is 7.99. The second-order valence-corrected chi connectivity index (χ2v) is 5.76. The molecule has 2 aromatic carbocycles. The Morgan fingerprint density at radius 2 is 1.04 bits per heavy atom. The summed E-state index contributed by atoms with van der Waals surface area (Å²) in [6.45, 7) is 5.16. The molecule has 0 atom stereocenters. The molecule has 0 N–H and O–H groups in total. The molecule has 0 aliphatic carbocycles. The summed E-state index contributed by atoms with van der Waals surface area (Å²) in [5.74, 6) is 1.46. The Bertz CT molecular complexity index is 660. The molecule has 26 heavy (non-hydrogen) atoms. The Morgan fingerprint density at radius 3 is 1.69 bits per heavy atom. The first-order valence-corrected chi connectivity index (χ1v) is 9.03. The number of benzene rings is 2. The summed E-state index contributed by atoms with van der Waals surface area (Å²) in [5, 5.41) is 2.14. The van der Waals surface area contributed by atoms with E-state index in [1.165, 1.54) is 0 Å². The molecule has 2 aromatic rings. The number of ether oxygens (including phenoxy) is 6. The number of rotatable bonds is 0. The highest BCUT2D eigenvalue weighted by Crippen LogP contribution is 2.35. The molecule has 0 saturated heterocycles. The molecule has 0 unspecified atom stereocenters. The topological polar surface area (TPSA) is 55.4 Å². The minimum Gasteiger partial charge on any atom is -0.487 e. The van der Waals surface area contributed by atoms with Gasteiger partial charge in [-0.05, 0) is 11.5 Å². The van der Waals surface area contributed by atoms with Crippen molar-refractivity contribution in [3.63, 3.8) is 0 Å². The maximum Gasteiger partial charge on any atom is 0.169 e. The van der Waals surface area contributed by atoms with Gasteiger partial charge in [0.2, 0.25) is 0 Å². The van der Waals surface area contributed by atoms with Gasteiger partial charge in [0.15, 0.2) is 11.5 Å². The van der Waals surface area contributed by atoms with Crippen molar-refractivity contribution in [2.45, 2.75) is 0 Å². The van der Waals surface area contributed by atoms with E-state index in [1.807, 2.05) is 30.3 Å². The van der Waals surface area contributed by atoms with Gasteiger partial charge in [0, 0.05) is 5.39 Å². The van der Waals surface area contributed by atoms with Crippen LogP contribution in [0.2, 0.25) is 0 Å². The fourth-order valence-corrected chi connectivity index (χ4v) is 2.66. The summed E-state index contributed by atoms with van der Waals surface area (Å²) in [6, 6.07) is 12.1. The van der Waals surface area contributed by atoms with Crippen LogP contribution in [0.3, 0.4) is 0 Å². The molecule has 1 heterocycles. The summed E-state index contributed by atoms with van der Waals surface area (Å²) < 4.78 is 33.8. The van der Waals surface area contributed by atoms with E-state index in [1.54, 1.807) is 0 Å². The maximum atomic E-state index is 5.99. The molecule has 0 radical (unpaired) electrons. The molecule has 0 aromatic heterocycles. The molecule has 6 heteroatoms. The predicted molar refractivity (Wildman–Crippen MR) is 98.2 cm³/mol. The van der Waals surface area contributed by atoms with Crippen molar-refractivity contribution in [2.24, 2.45) is 0 Å². The maximum absolute atomic E-state index is 5.99. The van der Waals surface area contributed by atoms with Gasteiger partial charge in [-0.2, -0.15) is 0 Å². The van der Waals surface area contributed by atoms with E-state index in [9.17, 15) is 0 Å². The Morgan fingerprint density at radius 1 is 0.500 bits per heavy atom. The van der Waals surface area contributed by atoms with Crippen LogP contribution in [0.25, 0.3) is 10.8 Å². The largest absolute Gasteiger partial charge is 0.487 e. The lowest BCUT2D eigenvalue weighted by Gasteiger charge is -2.16. The predicted octanol–water partition coefficient (Wildman–Crippen LogP) is 2.68. The molecular formula is C20H26O6. The van der Waals surface area contributed by atoms with Crippen LogP contribution in [0.5, 0.6) is 11.5 Å². The van der Waals surface area contributed by atoms with Crippen molar-refractivity contribution in [2.75, 3.05) is 66.1 Å². The van der Waals surface area contributed by atoms with Gasteiger partial charge in [0.25, 0.3) is 0 Å². The van der Waals surface area contributed by atoms with Crippen molar-refractivity contribution in [1.82, 2.24) is 0 Å². The molecule has 0 bridgehead atoms. The summed E-state index contributed by atoms with van der Waals surface area (Å²) in [7, 11) is 0. The minimum absolute atomic E-state index is 0.448. The molecule has 0 fully saturated rings.